The molecule has 1 aromatic heterocycles. The van der Waals surface area contributed by atoms with Gasteiger partial charge in [-0.15, -0.1) is 0 Å². The molecule has 0 saturated carbocycles. The molecule has 1 atom stereocenters. The highest BCUT2D eigenvalue weighted by atomic mass is 35.5. The van der Waals surface area contributed by atoms with Gasteiger partial charge in [0.05, 0.1) is 28.5 Å². The van der Waals surface area contributed by atoms with Crippen molar-refractivity contribution in [3.05, 3.63) is 77.7 Å². The van der Waals surface area contributed by atoms with E-state index in [1.54, 1.807) is 35.2 Å². The van der Waals surface area contributed by atoms with Crippen molar-refractivity contribution in [2.45, 2.75) is 12.8 Å². The number of ether oxygens (including phenoxy) is 1. The summed E-state index contributed by atoms with van der Waals surface area (Å²) >= 11 is 6.19. The number of amides is 2. The molecule has 0 aliphatic carbocycles. The lowest BCUT2D eigenvalue weighted by Gasteiger charge is -2.32. The van der Waals surface area contributed by atoms with Crippen LogP contribution in [0.4, 0.5) is 5.69 Å². The Labute approximate surface area is 179 Å². The number of rotatable bonds is 5. The van der Waals surface area contributed by atoms with Crippen molar-refractivity contribution in [3.8, 4) is 11.5 Å². The van der Waals surface area contributed by atoms with E-state index < -0.39 is 0 Å². The number of hydrogen-bond donors (Lipinski definition) is 1. The topological polar surface area (TPSA) is 71.8 Å². The van der Waals surface area contributed by atoms with Gasteiger partial charge in [0.1, 0.15) is 12.0 Å². The number of hydrogen-bond acceptors (Lipinski definition) is 4. The smallest absolute Gasteiger partial charge is 0.257 e. The zero-order chi connectivity index (χ0) is 20.9. The molecule has 2 aromatic carbocycles. The van der Waals surface area contributed by atoms with Crippen LogP contribution in [0.3, 0.4) is 0 Å². The lowest BCUT2D eigenvalue weighted by Crippen LogP contribution is -2.43. The number of piperidine rings is 1. The number of carbonyl (C=O) groups is 2. The van der Waals surface area contributed by atoms with E-state index >= 15 is 0 Å². The van der Waals surface area contributed by atoms with Crippen LogP contribution in [0.15, 0.2) is 71.5 Å². The maximum absolute atomic E-state index is 12.9. The molecule has 0 bridgehead atoms. The molecule has 154 valence electrons. The maximum atomic E-state index is 12.9. The van der Waals surface area contributed by atoms with Gasteiger partial charge in [-0.05, 0) is 43.2 Å². The van der Waals surface area contributed by atoms with Crippen molar-refractivity contribution in [3.63, 3.8) is 0 Å². The number of nitrogens with one attached hydrogen (secondary N) is 1. The van der Waals surface area contributed by atoms with E-state index in [4.69, 9.17) is 20.8 Å². The van der Waals surface area contributed by atoms with Crippen LogP contribution in [0, 0.1) is 5.92 Å². The van der Waals surface area contributed by atoms with Gasteiger partial charge in [-0.1, -0.05) is 35.9 Å². The SMILES string of the molecule is O=C(Nc1ccccc1Oc1ccccc1Cl)C1CCCN(C(=O)c2ccoc2)C1. The van der Waals surface area contributed by atoms with Gasteiger partial charge < -0.3 is 19.4 Å². The van der Waals surface area contributed by atoms with E-state index in [1.807, 2.05) is 24.3 Å². The van der Waals surface area contributed by atoms with Crippen molar-refractivity contribution in [1.29, 1.82) is 0 Å². The van der Waals surface area contributed by atoms with Gasteiger partial charge in [-0.25, -0.2) is 0 Å². The Kier molecular flexibility index (Phi) is 6.05. The second-order valence-corrected chi connectivity index (χ2v) is 7.53. The molecule has 2 heterocycles. The fourth-order valence-electron chi connectivity index (χ4n) is 3.48. The fraction of sp³-hybridized carbons (Fsp3) is 0.217. The molecule has 6 nitrogen and oxygen atoms in total. The maximum Gasteiger partial charge on any atom is 0.257 e. The molecule has 7 heteroatoms. The molecule has 1 N–H and O–H groups in total. The van der Waals surface area contributed by atoms with Gasteiger partial charge in [0.2, 0.25) is 5.91 Å². The predicted molar refractivity (Wildman–Crippen MR) is 114 cm³/mol. The molecule has 30 heavy (non-hydrogen) atoms. The van der Waals surface area contributed by atoms with Gasteiger partial charge in [-0.3, -0.25) is 9.59 Å². The Bertz CT molecular complexity index is 1040. The van der Waals surface area contributed by atoms with E-state index in [9.17, 15) is 9.59 Å². The number of halogens is 1. The van der Waals surface area contributed by atoms with Crippen LogP contribution in [-0.2, 0) is 4.79 Å². The van der Waals surface area contributed by atoms with Crippen LogP contribution in [0.25, 0.3) is 0 Å². The molecule has 1 saturated heterocycles. The summed E-state index contributed by atoms with van der Waals surface area (Å²) in [7, 11) is 0. The molecule has 2 amide bonds. The summed E-state index contributed by atoms with van der Waals surface area (Å²) in [6.07, 6.45) is 4.37. The second-order valence-electron chi connectivity index (χ2n) is 7.12. The summed E-state index contributed by atoms with van der Waals surface area (Å²) in [5.41, 5.74) is 1.05. The summed E-state index contributed by atoms with van der Waals surface area (Å²) in [4.78, 5) is 27.2. The Morgan fingerprint density at radius 3 is 2.60 bits per heavy atom. The minimum atomic E-state index is -0.303. The second kappa shape index (κ2) is 9.05. The molecule has 1 aliphatic heterocycles. The van der Waals surface area contributed by atoms with E-state index in [-0.39, 0.29) is 17.7 Å². The largest absolute Gasteiger partial charge is 0.472 e. The Morgan fingerprint density at radius 2 is 1.83 bits per heavy atom. The summed E-state index contributed by atoms with van der Waals surface area (Å²) < 4.78 is 10.9. The average molecular weight is 425 g/mol. The Hall–Kier alpha value is -3.25. The summed E-state index contributed by atoms with van der Waals surface area (Å²) in [5, 5.41) is 3.44. The van der Waals surface area contributed by atoms with E-state index in [1.165, 1.54) is 12.5 Å². The first-order valence-electron chi connectivity index (χ1n) is 9.75. The van der Waals surface area contributed by atoms with Gasteiger partial charge >= 0.3 is 0 Å². The van der Waals surface area contributed by atoms with Crippen LogP contribution in [0.1, 0.15) is 23.2 Å². The Balaban J connectivity index is 1.45. The Morgan fingerprint density at radius 1 is 1.07 bits per heavy atom. The number of nitrogens with zero attached hydrogens (tertiary/aromatic N) is 1. The van der Waals surface area contributed by atoms with Gasteiger partial charge in [0.15, 0.2) is 5.75 Å². The lowest BCUT2D eigenvalue weighted by molar-refractivity contribution is -0.121. The highest BCUT2D eigenvalue weighted by Gasteiger charge is 2.29. The van der Waals surface area contributed by atoms with Crippen LogP contribution >= 0.6 is 11.6 Å². The monoisotopic (exact) mass is 424 g/mol. The predicted octanol–water partition coefficient (Wildman–Crippen LogP) is 5.22. The summed E-state index contributed by atoms with van der Waals surface area (Å²) in [5.74, 6) is 0.443. The number of likely N-dealkylation sites (tertiary alicyclic amines) is 1. The minimum absolute atomic E-state index is 0.122. The average Bonchev–Trinajstić information content (AvgIpc) is 3.31. The number of carbonyl (C=O) groups excluding carboxylic acids is 2. The van der Waals surface area contributed by atoms with Crippen LogP contribution in [0.2, 0.25) is 5.02 Å². The first-order valence-corrected chi connectivity index (χ1v) is 10.1. The quantitative estimate of drug-likeness (QED) is 0.609. The molecular formula is C23H21ClN2O4. The van der Waals surface area contributed by atoms with E-state index in [0.717, 1.165) is 6.42 Å². The fourth-order valence-corrected chi connectivity index (χ4v) is 3.66. The van der Waals surface area contributed by atoms with E-state index in [0.29, 0.717) is 47.3 Å². The summed E-state index contributed by atoms with van der Waals surface area (Å²) in [6, 6.07) is 16.0. The molecule has 0 spiro atoms. The van der Waals surface area contributed by atoms with Crippen molar-refractivity contribution >= 4 is 29.1 Å². The van der Waals surface area contributed by atoms with Crippen LogP contribution in [0.5, 0.6) is 11.5 Å². The third-order valence-electron chi connectivity index (χ3n) is 5.05. The van der Waals surface area contributed by atoms with Gasteiger partial charge in [0.25, 0.3) is 5.91 Å². The highest BCUT2D eigenvalue weighted by Crippen LogP contribution is 2.34. The van der Waals surface area contributed by atoms with Crippen molar-refractivity contribution in [2.24, 2.45) is 5.92 Å². The molecule has 0 radical (unpaired) electrons. The lowest BCUT2D eigenvalue weighted by atomic mass is 9.96. The number of anilines is 1. The number of para-hydroxylation sites is 3. The van der Waals surface area contributed by atoms with Crippen LogP contribution < -0.4 is 10.1 Å². The highest BCUT2D eigenvalue weighted by molar-refractivity contribution is 6.32. The van der Waals surface area contributed by atoms with Crippen LogP contribution in [-0.4, -0.2) is 29.8 Å². The molecule has 1 unspecified atom stereocenters. The first kappa shape index (κ1) is 20.0. The number of furan rings is 1. The van der Waals surface area contributed by atoms with Crippen molar-refractivity contribution in [1.82, 2.24) is 4.90 Å². The molecule has 1 fully saturated rings. The molecular weight excluding hydrogens is 404 g/mol. The third kappa shape index (κ3) is 4.49. The zero-order valence-corrected chi connectivity index (χ0v) is 17.0. The molecule has 3 aromatic rings. The summed E-state index contributed by atoms with van der Waals surface area (Å²) in [6.45, 7) is 0.989. The molecule has 1 aliphatic rings. The van der Waals surface area contributed by atoms with Crippen molar-refractivity contribution in [2.75, 3.05) is 18.4 Å². The van der Waals surface area contributed by atoms with E-state index in [2.05, 4.69) is 5.32 Å². The van der Waals surface area contributed by atoms with Crippen molar-refractivity contribution < 1.29 is 18.7 Å². The standard InChI is InChI=1S/C23H21ClN2O4/c24-18-7-1-3-9-20(18)30-21-10-4-2-8-19(21)25-22(27)16-6-5-12-26(14-16)23(28)17-11-13-29-15-17/h1-4,7-11,13,15-16H,5-6,12,14H2,(H,25,27). The first-order chi connectivity index (χ1) is 14.6. The minimum Gasteiger partial charge on any atom is -0.472 e. The third-order valence-corrected chi connectivity index (χ3v) is 5.36. The number of benzene rings is 2. The normalized spacial score (nSPS) is 16.2. The van der Waals surface area contributed by atoms with Gasteiger partial charge in [-0.2, -0.15) is 0 Å². The van der Waals surface area contributed by atoms with Gasteiger partial charge in [0, 0.05) is 13.1 Å². The molecule has 4 rings (SSSR count). The zero-order valence-electron chi connectivity index (χ0n) is 16.2.